The van der Waals surface area contributed by atoms with Gasteiger partial charge in [0.25, 0.3) is 5.91 Å². The van der Waals surface area contributed by atoms with Crippen LogP contribution >= 0.6 is 11.3 Å². The summed E-state index contributed by atoms with van der Waals surface area (Å²) in [6, 6.07) is 5.52. The summed E-state index contributed by atoms with van der Waals surface area (Å²) >= 11 is 1.72. The fraction of sp³-hybridized carbons (Fsp3) is 0.476. The Morgan fingerprint density at radius 3 is 2.50 bits per heavy atom. The molecule has 0 atom stereocenters. The monoisotopic (exact) mass is 401 g/mol. The molecule has 0 aliphatic carbocycles. The number of aryl methyl sites for hydroxylation is 2. The minimum absolute atomic E-state index is 0.207. The number of nitrogens with one attached hydrogen (secondary N) is 1. The second-order valence-corrected chi connectivity index (χ2v) is 8.33. The molecule has 0 aromatic carbocycles. The van der Waals surface area contributed by atoms with E-state index in [1.54, 1.807) is 11.3 Å². The predicted octanol–water partition coefficient (Wildman–Crippen LogP) is 3.70. The fourth-order valence-electron chi connectivity index (χ4n) is 3.88. The number of hydrogen-bond donors (Lipinski definition) is 1. The number of hydrogen-bond acceptors (Lipinski definition) is 4. The average molecular weight is 402 g/mol. The third-order valence-electron chi connectivity index (χ3n) is 5.79. The molecule has 1 aliphatic rings. The second-order valence-electron chi connectivity index (χ2n) is 7.30. The zero-order valence-electron chi connectivity index (χ0n) is 16.9. The standard InChI is InChI=1S/C21H27N3O3S/c1-5-21(6-2)19(26)24(20(27)22-21)13-18(25)17-12-14(3)23(15(17)4)10-9-16-8-7-11-28-16/h7-8,11-12H,5-6,9-10,13H2,1-4H3,(H,22,27). The maximum Gasteiger partial charge on any atom is 0.325 e. The van der Waals surface area contributed by atoms with Crippen LogP contribution in [0.2, 0.25) is 0 Å². The lowest BCUT2D eigenvalue weighted by atomic mass is 9.93. The van der Waals surface area contributed by atoms with Gasteiger partial charge in [-0.2, -0.15) is 0 Å². The van der Waals surface area contributed by atoms with Crippen molar-refractivity contribution in [3.63, 3.8) is 0 Å². The minimum atomic E-state index is -0.880. The van der Waals surface area contributed by atoms with E-state index >= 15 is 0 Å². The molecule has 3 heterocycles. The normalized spacial score (nSPS) is 15.9. The van der Waals surface area contributed by atoms with Crippen LogP contribution in [0.15, 0.2) is 23.6 Å². The number of amides is 3. The van der Waals surface area contributed by atoms with Crippen LogP contribution in [0.1, 0.15) is 53.3 Å². The first kappa shape index (κ1) is 20.3. The van der Waals surface area contributed by atoms with Gasteiger partial charge in [-0.1, -0.05) is 19.9 Å². The van der Waals surface area contributed by atoms with E-state index in [9.17, 15) is 14.4 Å². The highest BCUT2D eigenvalue weighted by atomic mass is 32.1. The summed E-state index contributed by atoms with van der Waals surface area (Å²) in [4.78, 5) is 40.3. The number of carbonyl (C=O) groups is 3. The zero-order valence-corrected chi connectivity index (χ0v) is 17.7. The van der Waals surface area contributed by atoms with Crippen LogP contribution in [0.5, 0.6) is 0 Å². The van der Waals surface area contributed by atoms with E-state index in [4.69, 9.17) is 0 Å². The Morgan fingerprint density at radius 1 is 1.21 bits per heavy atom. The van der Waals surface area contributed by atoms with Gasteiger partial charge in [0, 0.05) is 28.4 Å². The van der Waals surface area contributed by atoms with Crippen molar-refractivity contribution >= 4 is 29.1 Å². The molecule has 7 heteroatoms. The summed E-state index contributed by atoms with van der Waals surface area (Å²) in [5, 5.41) is 4.83. The van der Waals surface area contributed by atoms with Crippen LogP contribution in [0.4, 0.5) is 4.79 Å². The Balaban J connectivity index is 1.75. The highest BCUT2D eigenvalue weighted by Gasteiger charge is 2.49. The molecule has 2 aromatic rings. The van der Waals surface area contributed by atoms with Gasteiger partial charge in [-0.3, -0.25) is 14.5 Å². The number of Topliss-reactive ketones (excluding diaryl/α,β-unsaturated/α-hetero) is 1. The lowest BCUT2D eigenvalue weighted by molar-refractivity contribution is -0.131. The van der Waals surface area contributed by atoms with E-state index in [0.29, 0.717) is 18.4 Å². The third-order valence-corrected chi connectivity index (χ3v) is 6.73. The van der Waals surface area contributed by atoms with Gasteiger partial charge < -0.3 is 9.88 Å². The average Bonchev–Trinajstić information content (AvgIpc) is 3.35. The molecule has 0 bridgehead atoms. The van der Waals surface area contributed by atoms with E-state index in [1.807, 2.05) is 39.8 Å². The predicted molar refractivity (Wildman–Crippen MR) is 110 cm³/mol. The molecule has 1 fully saturated rings. The molecular weight excluding hydrogens is 374 g/mol. The molecular formula is C21H27N3O3S. The molecule has 0 unspecified atom stereocenters. The summed E-state index contributed by atoms with van der Waals surface area (Å²) in [6.45, 7) is 8.21. The van der Waals surface area contributed by atoms with Crippen LogP contribution in [0, 0.1) is 13.8 Å². The number of urea groups is 1. The molecule has 1 saturated heterocycles. The highest BCUT2D eigenvalue weighted by Crippen LogP contribution is 2.26. The van der Waals surface area contributed by atoms with E-state index in [-0.39, 0.29) is 18.2 Å². The van der Waals surface area contributed by atoms with Crippen LogP contribution in [-0.2, 0) is 17.8 Å². The maximum atomic E-state index is 12.9. The van der Waals surface area contributed by atoms with E-state index in [2.05, 4.69) is 21.3 Å². The van der Waals surface area contributed by atoms with Gasteiger partial charge in [0.1, 0.15) is 5.54 Å². The van der Waals surface area contributed by atoms with Crippen molar-refractivity contribution < 1.29 is 14.4 Å². The quantitative estimate of drug-likeness (QED) is 0.541. The van der Waals surface area contributed by atoms with Crippen LogP contribution in [-0.4, -0.2) is 39.3 Å². The number of thiophene rings is 1. The molecule has 1 N–H and O–H groups in total. The first-order chi connectivity index (χ1) is 13.3. The summed E-state index contributed by atoms with van der Waals surface area (Å²) in [6.07, 6.45) is 1.93. The van der Waals surface area contributed by atoms with Crippen molar-refractivity contribution in [2.24, 2.45) is 0 Å². The minimum Gasteiger partial charge on any atom is -0.348 e. The van der Waals surface area contributed by atoms with Crippen molar-refractivity contribution in [3.8, 4) is 0 Å². The first-order valence-corrected chi connectivity index (χ1v) is 10.6. The molecule has 28 heavy (non-hydrogen) atoms. The SMILES string of the molecule is CCC1(CC)NC(=O)N(CC(=O)c2cc(C)n(CCc3cccs3)c2C)C1=O. The van der Waals surface area contributed by atoms with Gasteiger partial charge in [-0.15, -0.1) is 11.3 Å². The molecule has 0 spiro atoms. The summed E-state index contributed by atoms with van der Waals surface area (Å²) in [5.41, 5.74) is 1.58. The van der Waals surface area contributed by atoms with Crippen LogP contribution < -0.4 is 5.32 Å². The largest absolute Gasteiger partial charge is 0.348 e. The Labute approximate surface area is 169 Å². The van der Waals surface area contributed by atoms with Crippen molar-refractivity contribution in [1.29, 1.82) is 0 Å². The van der Waals surface area contributed by atoms with Gasteiger partial charge >= 0.3 is 6.03 Å². The van der Waals surface area contributed by atoms with Gasteiger partial charge in [-0.05, 0) is 50.6 Å². The second kappa shape index (κ2) is 7.91. The van der Waals surface area contributed by atoms with Crippen molar-refractivity contribution in [1.82, 2.24) is 14.8 Å². The van der Waals surface area contributed by atoms with Gasteiger partial charge in [0.05, 0.1) is 6.54 Å². The number of aromatic nitrogens is 1. The molecule has 2 aromatic heterocycles. The summed E-state index contributed by atoms with van der Waals surface area (Å²) in [7, 11) is 0. The molecule has 1 aliphatic heterocycles. The fourth-order valence-corrected chi connectivity index (χ4v) is 4.58. The van der Waals surface area contributed by atoms with Crippen molar-refractivity contribution in [2.75, 3.05) is 6.54 Å². The van der Waals surface area contributed by atoms with E-state index < -0.39 is 11.6 Å². The smallest absolute Gasteiger partial charge is 0.325 e. The van der Waals surface area contributed by atoms with Crippen LogP contribution in [0.25, 0.3) is 0 Å². The van der Waals surface area contributed by atoms with E-state index in [0.717, 1.165) is 29.3 Å². The Bertz CT molecular complexity index is 894. The topological polar surface area (TPSA) is 71.4 Å². The van der Waals surface area contributed by atoms with Gasteiger partial charge in [0.2, 0.25) is 0 Å². The Kier molecular flexibility index (Phi) is 5.74. The number of carbonyl (C=O) groups excluding carboxylic acids is 3. The van der Waals surface area contributed by atoms with Crippen molar-refractivity contribution in [3.05, 3.63) is 45.4 Å². The van der Waals surface area contributed by atoms with Crippen molar-refractivity contribution in [2.45, 2.75) is 59.0 Å². The molecule has 3 amide bonds. The van der Waals surface area contributed by atoms with Gasteiger partial charge in [0.15, 0.2) is 5.78 Å². The van der Waals surface area contributed by atoms with Crippen LogP contribution in [0.3, 0.4) is 0 Å². The number of imide groups is 1. The summed E-state index contributed by atoms with van der Waals surface area (Å²) in [5.74, 6) is -0.510. The number of ketones is 1. The number of nitrogens with zero attached hydrogens (tertiary/aromatic N) is 2. The lowest BCUT2D eigenvalue weighted by Gasteiger charge is -2.22. The zero-order chi connectivity index (χ0) is 20.5. The number of rotatable bonds is 8. The first-order valence-electron chi connectivity index (χ1n) is 9.69. The Hall–Kier alpha value is -2.41. The molecule has 0 saturated carbocycles. The molecule has 150 valence electrons. The Morgan fingerprint density at radius 2 is 1.93 bits per heavy atom. The molecule has 6 nitrogen and oxygen atoms in total. The maximum absolute atomic E-state index is 12.9. The van der Waals surface area contributed by atoms with E-state index in [1.165, 1.54) is 4.88 Å². The third kappa shape index (κ3) is 3.51. The molecule has 3 rings (SSSR count). The van der Waals surface area contributed by atoms with Gasteiger partial charge in [-0.25, -0.2) is 4.79 Å². The highest BCUT2D eigenvalue weighted by molar-refractivity contribution is 7.09. The summed E-state index contributed by atoms with van der Waals surface area (Å²) < 4.78 is 2.13. The molecule has 0 radical (unpaired) electrons. The lowest BCUT2D eigenvalue weighted by Crippen LogP contribution is -2.46.